The highest BCUT2D eigenvalue weighted by atomic mass is 35.5. The van der Waals surface area contributed by atoms with Crippen LogP contribution < -0.4 is 5.32 Å². The number of morpholine rings is 1. The summed E-state index contributed by atoms with van der Waals surface area (Å²) in [5, 5.41) is 3.77. The third-order valence-corrected chi connectivity index (χ3v) is 5.18. The molecule has 0 saturated carbocycles. The first-order chi connectivity index (χ1) is 12.6. The van der Waals surface area contributed by atoms with Crippen molar-refractivity contribution in [1.29, 1.82) is 0 Å². The molecule has 1 aliphatic rings. The van der Waals surface area contributed by atoms with Gasteiger partial charge in [0.05, 0.1) is 22.8 Å². The molecule has 1 amide bonds. The Hall–Kier alpha value is -1.59. The highest BCUT2D eigenvalue weighted by Gasteiger charge is 2.21. The van der Waals surface area contributed by atoms with E-state index in [1.54, 1.807) is 18.2 Å². The van der Waals surface area contributed by atoms with E-state index < -0.39 is 0 Å². The van der Waals surface area contributed by atoms with Crippen LogP contribution in [0.1, 0.15) is 28.4 Å². The summed E-state index contributed by atoms with van der Waals surface area (Å²) in [6.07, 6.45) is 1.00. The van der Waals surface area contributed by atoms with E-state index >= 15 is 0 Å². The number of nitrogens with one attached hydrogen (secondary N) is 1. The van der Waals surface area contributed by atoms with Gasteiger partial charge in [0.15, 0.2) is 0 Å². The molecule has 138 valence electrons. The molecule has 1 N–H and O–H groups in total. The predicted octanol–water partition coefficient (Wildman–Crippen LogP) is 4.19. The fraction of sp³-hybridized carbons (Fsp3) is 0.350. The number of carbonyl (C=O) groups excluding carboxylic acids is 1. The fourth-order valence-corrected chi connectivity index (χ4v) is 3.32. The summed E-state index contributed by atoms with van der Waals surface area (Å²) in [4.78, 5) is 14.5. The molecule has 26 heavy (non-hydrogen) atoms. The largest absolute Gasteiger partial charge is 0.371 e. The van der Waals surface area contributed by atoms with Gasteiger partial charge in [0.25, 0.3) is 5.91 Å². The lowest BCUT2D eigenvalue weighted by Crippen LogP contribution is -2.39. The van der Waals surface area contributed by atoms with Crippen molar-refractivity contribution in [3.63, 3.8) is 0 Å². The maximum absolute atomic E-state index is 12.1. The van der Waals surface area contributed by atoms with Crippen molar-refractivity contribution in [3.05, 3.63) is 69.7 Å². The van der Waals surface area contributed by atoms with Crippen LogP contribution in [0.2, 0.25) is 10.0 Å². The van der Waals surface area contributed by atoms with Crippen molar-refractivity contribution in [2.45, 2.75) is 12.5 Å². The van der Waals surface area contributed by atoms with E-state index in [0.717, 1.165) is 32.7 Å². The van der Waals surface area contributed by atoms with Crippen LogP contribution in [-0.2, 0) is 4.74 Å². The van der Waals surface area contributed by atoms with Crippen molar-refractivity contribution in [1.82, 2.24) is 10.2 Å². The first-order valence-corrected chi connectivity index (χ1v) is 9.51. The summed E-state index contributed by atoms with van der Waals surface area (Å²) in [6.45, 7) is 4.07. The minimum absolute atomic E-state index is 0.121. The van der Waals surface area contributed by atoms with Crippen LogP contribution in [0.15, 0.2) is 48.5 Å². The Kier molecular flexibility index (Phi) is 6.92. The molecule has 6 heteroatoms. The summed E-state index contributed by atoms with van der Waals surface area (Å²) in [5.74, 6) is -0.132. The van der Waals surface area contributed by atoms with Crippen molar-refractivity contribution < 1.29 is 9.53 Å². The van der Waals surface area contributed by atoms with Gasteiger partial charge in [-0.1, -0.05) is 53.5 Å². The maximum Gasteiger partial charge on any atom is 0.251 e. The zero-order chi connectivity index (χ0) is 18.4. The summed E-state index contributed by atoms with van der Waals surface area (Å²) < 4.78 is 5.88. The van der Waals surface area contributed by atoms with Crippen LogP contribution in [0.25, 0.3) is 0 Å². The Bertz CT molecular complexity index is 740. The van der Waals surface area contributed by atoms with Gasteiger partial charge in [-0.25, -0.2) is 0 Å². The summed E-state index contributed by atoms with van der Waals surface area (Å²) in [6, 6.07) is 15.2. The van der Waals surface area contributed by atoms with Gasteiger partial charge in [-0.3, -0.25) is 9.69 Å². The number of hydrogen-bond donors (Lipinski definition) is 1. The highest BCUT2D eigenvalue weighted by Crippen LogP contribution is 2.23. The molecule has 0 radical (unpaired) electrons. The van der Waals surface area contributed by atoms with Crippen molar-refractivity contribution in [2.75, 3.05) is 32.8 Å². The predicted molar refractivity (Wildman–Crippen MR) is 105 cm³/mol. The minimum Gasteiger partial charge on any atom is -0.371 e. The SMILES string of the molecule is O=C(NCCCN1CCO[C@@H](c2ccccc2)C1)c1ccc(Cl)c(Cl)c1. The molecule has 1 heterocycles. The standard InChI is InChI=1S/C20H22Cl2N2O2/c21-17-8-7-16(13-18(17)22)20(25)23-9-4-10-24-11-12-26-19(14-24)15-5-2-1-3-6-15/h1-3,5-8,13,19H,4,9-12,14H2,(H,23,25)/t19-/m1/s1. The van der Waals surface area contributed by atoms with Gasteiger partial charge in [0.2, 0.25) is 0 Å². The smallest absolute Gasteiger partial charge is 0.251 e. The zero-order valence-electron chi connectivity index (χ0n) is 14.5. The molecular formula is C20H22Cl2N2O2. The fourth-order valence-electron chi connectivity index (χ4n) is 3.02. The molecule has 0 aliphatic carbocycles. The van der Waals surface area contributed by atoms with E-state index in [4.69, 9.17) is 27.9 Å². The van der Waals surface area contributed by atoms with E-state index in [1.165, 1.54) is 5.56 Å². The highest BCUT2D eigenvalue weighted by molar-refractivity contribution is 6.42. The second-order valence-electron chi connectivity index (χ2n) is 6.31. The van der Waals surface area contributed by atoms with E-state index in [-0.39, 0.29) is 12.0 Å². The second kappa shape index (κ2) is 9.38. The molecule has 0 spiro atoms. The number of benzene rings is 2. The lowest BCUT2D eigenvalue weighted by molar-refractivity contribution is -0.0301. The van der Waals surface area contributed by atoms with Crippen molar-refractivity contribution in [3.8, 4) is 0 Å². The molecule has 2 aromatic rings. The average Bonchev–Trinajstić information content (AvgIpc) is 2.68. The third-order valence-electron chi connectivity index (χ3n) is 4.44. The molecule has 0 aromatic heterocycles. The number of nitrogens with zero attached hydrogens (tertiary/aromatic N) is 1. The molecule has 1 atom stereocenters. The number of ether oxygens (including phenoxy) is 1. The minimum atomic E-state index is -0.132. The van der Waals surface area contributed by atoms with E-state index in [0.29, 0.717) is 22.2 Å². The molecule has 1 fully saturated rings. The summed E-state index contributed by atoms with van der Waals surface area (Å²) in [7, 11) is 0. The average molecular weight is 393 g/mol. The molecule has 0 unspecified atom stereocenters. The van der Waals surface area contributed by atoms with Gasteiger partial charge in [-0.05, 0) is 30.2 Å². The van der Waals surface area contributed by atoms with Crippen LogP contribution in [0, 0.1) is 0 Å². The lowest BCUT2D eigenvalue weighted by atomic mass is 10.1. The Balaban J connectivity index is 1.41. The molecular weight excluding hydrogens is 371 g/mol. The van der Waals surface area contributed by atoms with E-state index in [9.17, 15) is 4.79 Å². The first-order valence-electron chi connectivity index (χ1n) is 8.75. The van der Waals surface area contributed by atoms with Crippen molar-refractivity contribution in [2.24, 2.45) is 0 Å². The number of rotatable bonds is 6. The first kappa shape index (κ1) is 19.2. The number of hydrogen-bond acceptors (Lipinski definition) is 3. The van der Waals surface area contributed by atoms with Gasteiger partial charge in [0.1, 0.15) is 0 Å². The van der Waals surface area contributed by atoms with Gasteiger partial charge in [-0.2, -0.15) is 0 Å². The topological polar surface area (TPSA) is 41.6 Å². The van der Waals surface area contributed by atoms with Crippen LogP contribution in [0.4, 0.5) is 0 Å². The second-order valence-corrected chi connectivity index (χ2v) is 7.12. The van der Waals surface area contributed by atoms with Gasteiger partial charge in [0, 0.05) is 31.7 Å². The Morgan fingerprint density at radius 2 is 1.96 bits per heavy atom. The third kappa shape index (κ3) is 5.21. The molecule has 0 bridgehead atoms. The quantitative estimate of drug-likeness (QED) is 0.749. The molecule has 1 aliphatic heterocycles. The van der Waals surface area contributed by atoms with Crippen LogP contribution >= 0.6 is 23.2 Å². The Morgan fingerprint density at radius 1 is 1.15 bits per heavy atom. The van der Waals surface area contributed by atoms with E-state index in [2.05, 4.69) is 22.3 Å². The maximum atomic E-state index is 12.1. The summed E-state index contributed by atoms with van der Waals surface area (Å²) in [5.41, 5.74) is 1.74. The van der Waals surface area contributed by atoms with Crippen LogP contribution in [-0.4, -0.2) is 43.6 Å². The van der Waals surface area contributed by atoms with E-state index in [1.807, 2.05) is 18.2 Å². The van der Waals surface area contributed by atoms with Crippen LogP contribution in [0.5, 0.6) is 0 Å². The molecule has 2 aromatic carbocycles. The van der Waals surface area contributed by atoms with Crippen molar-refractivity contribution >= 4 is 29.1 Å². The number of carbonyl (C=O) groups is 1. The zero-order valence-corrected chi connectivity index (χ0v) is 16.0. The number of halogens is 2. The van der Waals surface area contributed by atoms with Crippen LogP contribution in [0.3, 0.4) is 0 Å². The summed E-state index contributed by atoms with van der Waals surface area (Å²) >= 11 is 11.8. The molecule has 1 saturated heterocycles. The lowest BCUT2D eigenvalue weighted by Gasteiger charge is -2.33. The Labute approximate surface area is 164 Å². The monoisotopic (exact) mass is 392 g/mol. The normalized spacial score (nSPS) is 17.8. The van der Waals surface area contributed by atoms with Gasteiger partial charge < -0.3 is 10.1 Å². The Morgan fingerprint density at radius 3 is 2.73 bits per heavy atom. The molecule has 3 rings (SSSR count). The molecule has 4 nitrogen and oxygen atoms in total. The van der Waals surface area contributed by atoms with Gasteiger partial charge in [-0.15, -0.1) is 0 Å². The van der Waals surface area contributed by atoms with Gasteiger partial charge >= 0.3 is 0 Å². The number of amides is 1.